The predicted molar refractivity (Wildman–Crippen MR) is 82.6 cm³/mol. The first-order valence-corrected chi connectivity index (χ1v) is 6.61. The van der Waals surface area contributed by atoms with Crippen LogP contribution in [0.15, 0.2) is 35.1 Å². The second kappa shape index (κ2) is 5.35. The van der Waals surface area contributed by atoms with Gasteiger partial charge < -0.3 is 10.5 Å². The molecule has 3 rings (SSSR count). The average molecular weight is 309 g/mol. The van der Waals surface area contributed by atoms with Crippen molar-refractivity contribution in [2.75, 3.05) is 12.3 Å². The molecule has 1 aromatic heterocycles. The third-order valence-electron chi connectivity index (χ3n) is 3.35. The Balaban J connectivity index is 2.17. The van der Waals surface area contributed by atoms with Gasteiger partial charge in [0.25, 0.3) is 17.4 Å². The number of hydrogen-bond acceptors (Lipinski definition) is 5. The Morgan fingerprint density at radius 3 is 2.74 bits per heavy atom. The molecule has 0 saturated heterocycles. The lowest BCUT2D eigenvalue weighted by atomic mass is 10.1. The molecular weight excluding hydrogens is 298 g/mol. The summed E-state index contributed by atoms with van der Waals surface area (Å²) in [4.78, 5) is 35.7. The van der Waals surface area contributed by atoms with Gasteiger partial charge in [-0.15, -0.1) is 6.42 Å². The summed E-state index contributed by atoms with van der Waals surface area (Å²) in [5.74, 6) is 1.42. The Labute approximate surface area is 130 Å². The number of imide groups is 1. The molecule has 0 radical (unpaired) electrons. The van der Waals surface area contributed by atoms with Crippen LogP contribution in [-0.2, 0) is 0 Å². The molecule has 1 aromatic carbocycles. The molecule has 2 heterocycles. The average Bonchev–Trinajstić information content (AvgIpc) is 2.80. The first-order chi connectivity index (χ1) is 11.0. The molecule has 0 saturated carbocycles. The van der Waals surface area contributed by atoms with E-state index in [1.54, 1.807) is 24.3 Å². The Hall–Kier alpha value is -3.53. The number of nitrogens with two attached hydrogens (primary N) is 1. The topological polar surface area (TPSA) is 103 Å². The van der Waals surface area contributed by atoms with Crippen molar-refractivity contribution in [2.45, 2.75) is 0 Å². The lowest BCUT2D eigenvalue weighted by Gasteiger charge is -2.13. The third-order valence-corrected chi connectivity index (χ3v) is 3.35. The number of carbonyl (C=O) groups excluding carboxylic acids is 2. The molecule has 23 heavy (non-hydrogen) atoms. The minimum atomic E-state index is -0.632. The molecular formula is C16H11N3O4. The van der Waals surface area contributed by atoms with Gasteiger partial charge >= 0.3 is 0 Å². The summed E-state index contributed by atoms with van der Waals surface area (Å²) in [5.41, 5.74) is 5.79. The number of nitrogens with zero attached hydrogens (tertiary/aromatic N) is 1. The van der Waals surface area contributed by atoms with Crippen LogP contribution in [0.5, 0.6) is 5.75 Å². The monoisotopic (exact) mass is 309 g/mol. The van der Waals surface area contributed by atoms with Gasteiger partial charge in [-0.25, -0.2) is 0 Å². The van der Waals surface area contributed by atoms with Crippen LogP contribution in [0, 0.1) is 12.3 Å². The highest BCUT2D eigenvalue weighted by Gasteiger charge is 2.31. The molecule has 0 fully saturated rings. The summed E-state index contributed by atoms with van der Waals surface area (Å²) in [5, 5.41) is 2.11. The highest BCUT2D eigenvalue weighted by Crippen LogP contribution is 2.24. The number of pyridine rings is 1. The molecule has 1 aliphatic heterocycles. The number of aromatic nitrogens is 1. The number of nitrogens with one attached hydrogen (secondary N) is 1. The maximum atomic E-state index is 12.3. The zero-order valence-corrected chi connectivity index (χ0v) is 11.8. The standard InChI is InChI=1S/C16H11N3O4/c1-2-6-23-10-5-3-4-9(7-10)19-12(20)8-11-13(14(19)17)16(22)18-15(11)21/h1,3-5,7-8H,6,17H2,(H,18,21,22). The van der Waals surface area contributed by atoms with Crippen molar-refractivity contribution in [3.05, 3.63) is 51.8 Å². The minimum absolute atomic E-state index is 0.00968. The smallest absolute Gasteiger partial charge is 0.262 e. The molecule has 3 N–H and O–H groups in total. The molecule has 7 nitrogen and oxygen atoms in total. The van der Waals surface area contributed by atoms with Gasteiger partial charge in [0, 0.05) is 12.1 Å². The van der Waals surface area contributed by atoms with E-state index >= 15 is 0 Å². The van der Waals surface area contributed by atoms with Gasteiger partial charge in [-0.1, -0.05) is 12.0 Å². The lowest BCUT2D eigenvalue weighted by molar-refractivity contribution is 0.0880. The number of hydrogen-bond donors (Lipinski definition) is 2. The summed E-state index contributed by atoms with van der Waals surface area (Å²) in [6, 6.07) is 7.61. The Morgan fingerprint density at radius 2 is 2.00 bits per heavy atom. The van der Waals surface area contributed by atoms with E-state index in [1.807, 2.05) is 0 Å². The van der Waals surface area contributed by atoms with Gasteiger partial charge in [0.05, 0.1) is 16.8 Å². The van der Waals surface area contributed by atoms with E-state index in [0.717, 1.165) is 10.6 Å². The van der Waals surface area contributed by atoms with E-state index in [4.69, 9.17) is 16.9 Å². The normalized spacial score (nSPS) is 12.5. The zero-order valence-electron chi connectivity index (χ0n) is 11.8. The molecule has 0 unspecified atom stereocenters. The highest BCUT2D eigenvalue weighted by molar-refractivity contribution is 6.23. The number of benzene rings is 1. The van der Waals surface area contributed by atoms with Crippen LogP contribution in [0.1, 0.15) is 20.7 Å². The zero-order chi connectivity index (χ0) is 16.6. The summed E-state index contributed by atoms with van der Waals surface area (Å²) in [6.07, 6.45) is 5.14. The van der Waals surface area contributed by atoms with Crippen molar-refractivity contribution in [2.24, 2.45) is 0 Å². The number of nitrogen functional groups attached to an aromatic ring is 1. The Bertz CT molecular complexity index is 937. The van der Waals surface area contributed by atoms with Gasteiger partial charge in [-0.2, -0.15) is 0 Å². The largest absolute Gasteiger partial charge is 0.481 e. The van der Waals surface area contributed by atoms with Crippen LogP contribution >= 0.6 is 0 Å². The fourth-order valence-electron chi connectivity index (χ4n) is 2.38. The molecule has 0 spiro atoms. The van der Waals surface area contributed by atoms with E-state index in [9.17, 15) is 14.4 Å². The molecule has 114 valence electrons. The van der Waals surface area contributed by atoms with Crippen molar-refractivity contribution < 1.29 is 14.3 Å². The Kier molecular flexibility index (Phi) is 3.35. The van der Waals surface area contributed by atoms with Crippen LogP contribution in [0.2, 0.25) is 0 Å². The molecule has 2 amide bonds. The van der Waals surface area contributed by atoms with Gasteiger partial charge in [0.2, 0.25) is 0 Å². The first kappa shape index (κ1) is 14.4. The lowest BCUT2D eigenvalue weighted by Crippen LogP contribution is -2.24. The van der Waals surface area contributed by atoms with E-state index in [-0.39, 0.29) is 23.6 Å². The van der Waals surface area contributed by atoms with Crippen molar-refractivity contribution in [3.8, 4) is 23.8 Å². The minimum Gasteiger partial charge on any atom is -0.481 e. The number of terminal acetylenes is 1. The number of carbonyl (C=O) groups is 2. The van der Waals surface area contributed by atoms with E-state index in [2.05, 4.69) is 11.2 Å². The van der Waals surface area contributed by atoms with Crippen molar-refractivity contribution in [3.63, 3.8) is 0 Å². The maximum absolute atomic E-state index is 12.3. The van der Waals surface area contributed by atoms with Gasteiger partial charge in [0.15, 0.2) is 0 Å². The van der Waals surface area contributed by atoms with Crippen LogP contribution in [0.4, 0.5) is 5.82 Å². The van der Waals surface area contributed by atoms with Gasteiger partial charge in [0.1, 0.15) is 18.2 Å². The molecule has 0 aliphatic carbocycles. The van der Waals surface area contributed by atoms with Crippen LogP contribution in [0.25, 0.3) is 5.69 Å². The van der Waals surface area contributed by atoms with Crippen molar-refractivity contribution in [1.82, 2.24) is 9.88 Å². The second-order valence-corrected chi connectivity index (χ2v) is 4.77. The Morgan fingerprint density at radius 1 is 1.22 bits per heavy atom. The summed E-state index contributed by atoms with van der Waals surface area (Å²) >= 11 is 0. The first-order valence-electron chi connectivity index (χ1n) is 6.61. The van der Waals surface area contributed by atoms with Crippen LogP contribution in [-0.4, -0.2) is 23.0 Å². The fourth-order valence-corrected chi connectivity index (χ4v) is 2.38. The van der Waals surface area contributed by atoms with E-state index in [1.165, 1.54) is 0 Å². The maximum Gasteiger partial charge on any atom is 0.262 e. The van der Waals surface area contributed by atoms with Gasteiger partial charge in [-0.05, 0) is 12.1 Å². The molecule has 0 atom stereocenters. The van der Waals surface area contributed by atoms with Crippen LogP contribution in [0.3, 0.4) is 0 Å². The quantitative estimate of drug-likeness (QED) is 0.627. The summed E-state index contributed by atoms with van der Waals surface area (Å²) in [6.45, 7) is 0.0783. The fraction of sp³-hybridized carbons (Fsp3) is 0.0625. The van der Waals surface area contributed by atoms with Crippen molar-refractivity contribution in [1.29, 1.82) is 0 Å². The van der Waals surface area contributed by atoms with E-state index < -0.39 is 17.4 Å². The highest BCUT2D eigenvalue weighted by atomic mass is 16.5. The number of rotatable bonds is 3. The third kappa shape index (κ3) is 2.32. The van der Waals surface area contributed by atoms with Crippen molar-refractivity contribution >= 4 is 17.6 Å². The number of anilines is 1. The second-order valence-electron chi connectivity index (χ2n) is 4.77. The molecule has 7 heteroatoms. The molecule has 0 bridgehead atoms. The predicted octanol–water partition coefficient (Wildman–Crippen LogP) is 0.315. The molecule has 2 aromatic rings. The summed E-state index contributed by atoms with van der Waals surface area (Å²) in [7, 11) is 0. The van der Waals surface area contributed by atoms with Gasteiger partial charge in [-0.3, -0.25) is 24.3 Å². The van der Waals surface area contributed by atoms with Crippen LogP contribution < -0.4 is 21.3 Å². The SMILES string of the molecule is C#CCOc1cccc(-n2c(N)c3c(cc2=O)C(=O)NC3=O)c1. The molecule has 1 aliphatic rings. The van der Waals surface area contributed by atoms with E-state index in [0.29, 0.717) is 11.4 Å². The number of amides is 2. The number of fused-ring (bicyclic) bond motifs is 1. The summed E-state index contributed by atoms with van der Waals surface area (Å²) < 4.78 is 6.44. The number of ether oxygens (including phenoxy) is 1.